The summed E-state index contributed by atoms with van der Waals surface area (Å²) in [4.78, 5) is 26.5. The molecule has 1 atom stereocenters. The van der Waals surface area contributed by atoms with Crippen LogP contribution in [-0.2, 0) is 4.79 Å². The third kappa shape index (κ3) is 4.29. The predicted octanol–water partition coefficient (Wildman–Crippen LogP) is 3.51. The number of benzene rings is 2. The SMILES string of the molecule is CC(C)c1ccc(NC(=O)NC2CC(=O)N(c3ccc4c(c3)OCCO4)C2)cc1. The van der Waals surface area contributed by atoms with Crippen molar-refractivity contribution in [2.24, 2.45) is 0 Å². The van der Waals surface area contributed by atoms with Gasteiger partial charge in [0.15, 0.2) is 11.5 Å². The molecular weight excluding hydrogens is 370 g/mol. The third-order valence-corrected chi connectivity index (χ3v) is 5.13. The number of hydrogen-bond acceptors (Lipinski definition) is 4. The highest BCUT2D eigenvalue weighted by atomic mass is 16.6. The first kappa shape index (κ1) is 19.1. The van der Waals surface area contributed by atoms with Crippen LogP contribution < -0.4 is 25.0 Å². The molecule has 0 radical (unpaired) electrons. The number of anilines is 2. The van der Waals surface area contributed by atoms with Crippen molar-refractivity contribution in [2.75, 3.05) is 30.0 Å². The highest BCUT2D eigenvalue weighted by molar-refractivity contribution is 5.98. The lowest BCUT2D eigenvalue weighted by Crippen LogP contribution is -2.39. The van der Waals surface area contributed by atoms with Gasteiger partial charge in [-0.25, -0.2) is 4.79 Å². The highest BCUT2D eigenvalue weighted by Crippen LogP contribution is 2.35. The van der Waals surface area contributed by atoms with Gasteiger partial charge < -0.3 is 25.0 Å². The van der Waals surface area contributed by atoms with E-state index in [2.05, 4.69) is 24.5 Å². The standard InChI is InChI=1S/C22H25N3O4/c1-14(2)15-3-5-16(6-4-15)23-22(27)24-17-11-21(26)25(13-17)18-7-8-19-20(12-18)29-10-9-28-19/h3-8,12,14,17H,9-11,13H2,1-2H3,(H2,23,24,27). The van der Waals surface area contributed by atoms with E-state index >= 15 is 0 Å². The van der Waals surface area contributed by atoms with Gasteiger partial charge in [0.25, 0.3) is 0 Å². The van der Waals surface area contributed by atoms with Crippen LogP contribution in [-0.4, -0.2) is 37.7 Å². The van der Waals surface area contributed by atoms with Gasteiger partial charge in [-0.2, -0.15) is 0 Å². The normalized spacial score (nSPS) is 18.1. The molecule has 0 spiro atoms. The molecule has 0 aromatic heterocycles. The minimum absolute atomic E-state index is 0.0340. The lowest BCUT2D eigenvalue weighted by atomic mass is 10.0. The minimum Gasteiger partial charge on any atom is -0.486 e. The second-order valence-electron chi connectivity index (χ2n) is 7.61. The number of hydrogen-bond donors (Lipinski definition) is 2. The number of carbonyl (C=O) groups excluding carboxylic acids is 2. The Hall–Kier alpha value is -3.22. The number of nitrogens with one attached hydrogen (secondary N) is 2. The molecule has 152 valence electrons. The van der Waals surface area contributed by atoms with E-state index in [-0.39, 0.29) is 24.4 Å². The van der Waals surface area contributed by atoms with Crippen molar-refractivity contribution in [2.45, 2.75) is 32.2 Å². The lowest BCUT2D eigenvalue weighted by molar-refractivity contribution is -0.117. The molecule has 0 saturated carbocycles. The van der Waals surface area contributed by atoms with Crippen molar-refractivity contribution >= 4 is 23.3 Å². The molecular formula is C22H25N3O4. The van der Waals surface area contributed by atoms with Gasteiger partial charge in [0.1, 0.15) is 13.2 Å². The fourth-order valence-corrected chi connectivity index (χ4v) is 3.56. The number of amides is 3. The average molecular weight is 395 g/mol. The zero-order valence-corrected chi connectivity index (χ0v) is 16.6. The molecule has 1 fully saturated rings. The van der Waals surface area contributed by atoms with Crippen molar-refractivity contribution in [3.8, 4) is 11.5 Å². The topological polar surface area (TPSA) is 79.9 Å². The molecule has 7 heteroatoms. The van der Waals surface area contributed by atoms with Gasteiger partial charge in [-0.05, 0) is 35.7 Å². The van der Waals surface area contributed by atoms with Crippen LogP contribution in [0.2, 0.25) is 0 Å². The van der Waals surface area contributed by atoms with E-state index in [4.69, 9.17) is 9.47 Å². The van der Waals surface area contributed by atoms with Gasteiger partial charge in [0.2, 0.25) is 5.91 Å². The number of rotatable bonds is 4. The zero-order valence-electron chi connectivity index (χ0n) is 16.6. The van der Waals surface area contributed by atoms with Crippen molar-refractivity contribution in [3.05, 3.63) is 48.0 Å². The van der Waals surface area contributed by atoms with Gasteiger partial charge >= 0.3 is 6.03 Å². The fraction of sp³-hybridized carbons (Fsp3) is 0.364. The van der Waals surface area contributed by atoms with Crippen molar-refractivity contribution in [1.82, 2.24) is 5.32 Å². The van der Waals surface area contributed by atoms with E-state index in [9.17, 15) is 9.59 Å². The van der Waals surface area contributed by atoms with E-state index < -0.39 is 0 Å². The molecule has 2 heterocycles. The molecule has 3 amide bonds. The summed E-state index contributed by atoms with van der Waals surface area (Å²) in [6.45, 7) is 5.68. The van der Waals surface area contributed by atoms with E-state index in [0.29, 0.717) is 37.2 Å². The van der Waals surface area contributed by atoms with Crippen LogP contribution in [0.1, 0.15) is 31.7 Å². The maximum absolute atomic E-state index is 12.5. The Bertz CT molecular complexity index is 911. The largest absolute Gasteiger partial charge is 0.486 e. The molecule has 4 rings (SSSR count). The zero-order chi connectivity index (χ0) is 20.4. The maximum atomic E-state index is 12.5. The number of fused-ring (bicyclic) bond motifs is 1. The number of nitrogens with zero attached hydrogens (tertiary/aromatic N) is 1. The monoisotopic (exact) mass is 395 g/mol. The molecule has 0 bridgehead atoms. The Morgan fingerprint density at radius 3 is 2.52 bits per heavy atom. The third-order valence-electron chi connectivity index (χ3n) is 5.13. The summed E-state index contributed by atoms with van der Waals surface area (Å²) in [5.41, 5.74) is 2.68. The van der Waals surface area contributed by atoms with Crippen LogP contribution in [0.4, 0.5) is 16.2 Å². The maximum Gasteiger partial charge on any atom is 0.319 e. The summed E-state index contributed by atoms with van der Waals surface area (Å²) < 4.78 is 11.1. The smallest absolute Gasteiger partial charge is 0.319 e. The number of urea groups is 1. The summed E-state index contributed by atoms with van der Waals surface area (Å²) in [5, 5.41) is 5.72. The molecule has 1 saturated heterocycles. The van der Waals surface area contributed by atoms with Gasteiger partial charge in [-0.1, -0.05) is 26.0 Å². The van der Waals surface area contributed by atoms with Gasteiger partial charge in [-0.15, -0.1) is 0 Å². The molecule has 2 aliphatic rings. The van der Waals surface area contributed by atoms with Crippen LogP contribution in [0.5, 0.6) is 11.5 Å². The Kier molecular flexibility index (Phi) is 5.29. The Morgan fingerprint density at radius 1 is 1.07 bits per heavy atom. The van der Waals surface area contributed by atoms with Crippen molar-refractivity contribution in [1.29, 1.82) is 0 Å². The fourth-order valence-electron chi connectivity index (χ4n) is 3.56. The van der Waals surface area contributed by atoms with Crippen LogP contribution in [0.15, 0.2) is 42.5 Å². The molecule has 1 unspecified atom stereocenters. The molecule has 2 N–H and O–H groups in total. The Labute approximate surface area is 170 Å². The van der Waals surface area contributed by atoms with E-state index in [1.807, 2.05) is 42.5 Å². The molecule has 0 aliphatic carbocycles. The summed E-state index contributed by atoms with van der Waals surface area (Å²) in [6, 6.07) is 12.7. The summed E-state index contributed by atoms with van der Waals surface area (Å²) in [6.07, 6.45) is 0.258. The van der Waals surface area contributed by atoms with Gasteiger partial charge in [0.05, 0.1) is 6.04 Å². The van der Waals surface area contributed by atoms with Crippen LogP contribution in [0, 0.1) is 0 Å². The van der Waals surface area contributed by atoms with Crippen molar-refractivity contribution < 1.29 is 19.1 Å². The molecule has 2 aliphatic heterocycles. The van der Waals surface area contributed by atoms with E-state index in [0.717, 1.165) is 11.4 Å². The molecule has 2 aromatic rings. The van der Waals surface area contributed by atoms with Crippen LogP contribution in [0.25, 0.3) is 0 Å². The first-order valence-corrected chi connectivity index (χ1v) is 9.87. The summed E-state index contributed by atoms with van der Waals surface area (Å²) in [7, 11) is 0. The second kappa shape index (κ2) is 8.03. The predicted molar refractivity (Wildman–Crippen MR) is 111 cm³/mol. The Morgan fingerprint density at radius 2 is 1.79 bits per heavy atom. The molecule has 29 heavy (non-hydrogen) atoms. The minimum atomic E-state index is -0.316. The first-order valence-electron chi connectivity index (χ1n) is 9.87. The van der Waals surface area contributed by atoms with Crippen molar-refractivity contribution in [3.63, 3.8) is 0 Å². The van der Waals surface area contributed by atoms with Crippen LogP contribution >= 0.6 is 0 Å². The lowest BCUT2D eigenvalue weighted by Gasteiger charge is -2.22. The van der Waals surface area contributed by atoms with E-state index in [1.165, 1.54) is 5.56 Å². The van der Waals surface area contributed by atoms with Gasteiger partial charge in [0, 0.05) is 30.4 Å². The van der Waals surface area contributed by atoms with Gasteiger partial charge in [-0.3, -0.25) is 4.79 Å². The van der Waals surface area contributed by atoms with Crippen LogP contribution in [0.3, 0.4) is 0 Å². The number of ether oxygens (including phenoxy) is 2. The molecule has 2 aromatic carbocycles. The Balaban J connectivity index is 1.36. The average Bonchev–Trinajstić information content (AvgIpc) is 3.07. The molecule has 7 nitrogen and oxygen atoms in total. The summed E-state index contributed by atoms with van der Waals surface area (Å²) in [5.74, 6) is 1.73. The highest BCUT2D eigenvalue weighted by Gasteiger charge is 2.32. The quantitative estimate of drug-likeness (QED) is 0.830. The second-order valence-corrected chi connectivity index (χ2v) is 7.61. The number of carbonyl (C=O) groups is 2. The summed E-state index contributed by atoms with van der Waals surface area (Å²) >= 11 is 0. The first-order chi connectivity index (χ1) is 14.0. The van der Waals surface area contributed by atoms with E-state index in [1.54, 1.807) is 4.90 Å².